The zero-order valence-electron chi connectivity index (χ0n) is 10.8. The lowest BCUT2D eigenvalue weighted by molar-refractivity contribution is -0.116. The molecule has 0 saturated heterocycles. The number of aryl methyl sites for hydroxylation is 1. The highest BCUT2D eigenvalue weighted by Gasteiger charge is 2.07. The van der Waals surface area contributed by atoms with E-state index in [0.717, 1.165) is 11.4 Å². The van der Waals surface area contributed by atoms with Gasteiger partial charge in [0.25, 0.3) is 0 Å². The van der Waals surface area contributed by atoms with Gasteiger partial charge in [0, 0.05) is 18.2 Å². The van der Waals surface area contributed by atoms with Crippen LogP contribution in [0.3, 0.4) is 0 Å². The lowest BCUT2D eigenvalue weighted by Gasteiger charge is -2.04. The van der Waals surface area contributed by atoms with Crippen LogP contribution in [0.1, 0.15) is 25.1 Å². The van der Waals surface area contributed by atoms with Crippen LogP contribution >= 0.6 is 0 Å². The van der Waals surface area contributed by atoms with E-state index in [4.69, 9.17) is 5.73 Å². The van der Waals surface area contributed by atoms with Gasteiger partial charge in [-0.2, -0.15) is 0 Å². The van der Waals surface area contributed by atoms with Crippen LogP contribution < -0.4 is 11.1 Å². The van der Waals surface area contributed by atoms with E-state index in [1.807, 2.05) is 37.3 Å². The van der Waals surface area contributed by atoms with Gasteiger partial charge < -0.3 is 11.1 Å². The Labute approximate surface area is 111 Å². The fourth-order valence-electron chi connectivity index (χ4n) is 1.59. The molecular formula is C13H17N5O. The number of hydrogen-bond acceptors (Lipinski definition) is 4. The summed E-state index contributed by atoms with van der Waals surface area (Å²) in [6.45, 7) is 2.33. The molecular weight excluding hydrogens is 242 g/mol. The first-order valence-electron chi connectivity index (χ1n) is 6.15. The van der Waals surface area contributed by atoms with Gasteiger partial charge in [-0.1, -0.05) is 23.4 Å². The maximum atomic E-state index is 11.7. The van der Waals surface area contributed by atoms with Crippen molar-refractivity contribution < 1.29 is 4.79 Å². The van der Waals surface area contributed by atoms with E-state index < -0.39 is 0 Å². The number of carbonyl (C=O) groups is 1. The summed E-state index contributed by atoms with van der Waals surface area (Å²) in [7, 11) is 0. The van der Waals surface area contributed by atoms with Crippen molar-refractivity contribution in [3.05, 3.63) is 42.2 Å². The predicted octanol–water partition coefficient (Wildman–Crippen LogP) is 1.33. The third-order valence-electron chi connectivity index (χ3n) is 2.65. The molecule has 1 aromatic heterocycles. The number of anilines is 1. The molecule has 1 unspecified atom stereocenters. The Morgan fingerprint density at radius 1 is 1.42 bits per heavy atom. The molecule has 1 atom stereocenters. The second kappa shape index (κ2) is 6.10. The van der Waals surface area contributed by atoms with Crippen LogP contribution in [0.15, 0.2) is 36.5 Å². The molecule has 0 bridgehead atoms. The molecule has 2 aromatic rings. The van der Waals surface area contributed by atoms with Crippen molar-refractivity contribution in [1.82, 2.24) is 15.0 Å². The van der Waals surface area contributed by atoms with Crippen molar-refractivity contribution in [2.45, 2.75) is 25.9 Å². The quantitative estimate of drug-likeness (QED) is 0.848. The minimum absolute atomic E-state index is 0.0518. The number of benzene rings is 1. The van der Waals surface area contributed by atoms with Crippen molar-refractivity contribution in [3.8, 4) is 0 Å². The standard InChI is InChI=1S/C13H17N5O/c1-10(14)12-9-18(17-16-12)8-7-13(19)15-11-5-3-2-4-6-11/h2-6,9-10H,7-8,14H2,1H3,(H,15,19). The lowest BCUT2D eigenvalue weighted by Crippen LogP contribution is -2.14. The molecule has 0 aliphatic heterocycles. The molecule has 19 heavy (non-hydrogen) atoms. The first-order valence-corrected chi connectivity index (χ1v) is 6.15. The SMILES string of the molecule is CC(N)c1cn(CCC(=O)Nc2ccccc2)nn1. The number of nitrogens with two attached hydrogens (primary N) is 1. The van der Waals surface area contributed by atoms with E-state index in [-0.39, 0.29) is 11.9 Å². The molecule has 0 radical (unpaired) electrons. The first-order chi connectivity index (χ1) is 9.15. The average molecular weight is 259 g/mol. The van der Waals surface area contributed by atoms with Gasteiger partial charge in [-0.3, -0.25) is 9.48 Å². The fraction of sp³-hybridized carbons (Fsp3) is 0.308. The molecule has 0 aliphatic carbocycles. The Hall–Kier alpha value is -2.21. The highest BCUT2D eigenvalue weighted by molar-refractivity contribution is 5.90. The second-order valence-corrected chi connectivity index (χ2v) is 4.36. The molecule has 0 fully saturated rings. The van der Waals surface area contributed by atoms with Crippen LogP contribution in [-0.2, 0) is 11.3 Å². The lowest BCUT2D eigenvalue weighted by atomic mass is 10.3. The molecule has 0 saturated carbocycles. The molecule has 3 N–H and O–H groups in total. The van der Waals surface area contributed by atoms with Crippen LogP contribution in [0.4, 0.5) is 5.69 Å². The number of amides is 1. The van der Waals surface area contributed by atoms with Gasteiger partial charge in [0.2, 0.25) is 5.91 Å². The highest BCUT2D eigenvalue weighted by Crippen LogP contribution is 2.07. The van der Waals surface area contributed by atoms with Gasteiger partial charge >= 0.3 is 0 Å². The number of hydrogen-bond donors (Lipinski definition) is 2. The van der Waals surface area contributed by atoms with Gasteiger partial charge in [0.1, 0.15) is 0 Å². The Balaban J connectivity index is 1.83. The Kier molecular flexibility index (Phi) is 4.25. The summed E-state index contributed by atoms with van der Waals surface area (Å²) in [5, 5.41) is 10.7. The summed E-state index contributed by atoms with van der Waals surface area (Å²) < 4.78 is 1.63. The minimum Gasteiger partial charge on any atom is -0.326 e. The largest absolute Gasteiger partial charge is 0.326 e. The number of nitrogens with zero attached hydrogens (tertiary/aromatic N) is 3. The van der Waals surface area contributed by atoms with E-state index in [1.165, 1.54) is 0 Å². The normalized spacial score (nSPS) is 12.1. The van der Waals surface area contributed by atoms with Crippen molar-refractivity contribution in [1.29, 1.82) is 0 Å². The van der Waals surface area contributed by atoms with Crippen molar-refractivity contribution in [3.63, 3.8) is 0 Å². The number of carbonyl (C=O) groups excluding carboxylic acids is 1. The van der Waals surface area contributed by atoms with Crippen molar-refractivity contribution in [2.75, 3.05) is 5.32 Å². The zero-order chi connectivity index (χ0) is 13.7. The number of para-hydroxylation sites is 1. The fourth-order valence-corrected chi connectivity index (χ4v) is 1.59. The van der Waals surface area contributed by atoms with Crippen LogP contribution in [0.5, 0.6) is 0 Å². The highest BCUT2D eigenvalue weighted by atomic mass is 16.1. The van der Waals surface area contributed by atoms with Gasteiger partial charge in [0.15, 0.2) is 0 Å². The molecule has 6 heteroatoms. The van der Waals surface area contributed by atoms with E-state index in [0.29, 0.717) is 13.0 Å². The molecule has 2 rings (SSSR count). The summed E-state index contributed by atoms with van der Waals surface area (Å²) in [5.41, 5.74) is 7.21. The van der Waals surface area contributed by atoms with Crippen LogP contribution in [-0.4, -0.2) is 20.9 Å². The van der Waals surface area contributed by atoms with E-state index >= 15 is 0 Å². The number of rotatable bonds is 5. The zero-order valence-corrected chi connectivity index (χ0v) is 10.8. The third-order valence-corrected chi connectivity index (χ3v) is 2.65. The maximum Gasteiger partial charge on any atom is 0.226 e. The monoisotopic (exact) mass is 259 g/mol. The Morgan fingerprint density at radius 2 is 2.16 bits per heavy atom. The van der Waals surface area contributed by atoms with Gasteiger partial charge in [-0.05, 0) is 19.1 Å². The molecule has 100 valence electrons. The summed E-state index contributed by atoms with van der Waals surface area (Å²) >= 11 is 0. The van der Waals surface area contributed by atoms with Gasteiger partial charge in [0.05, 0.1) is 18.4 Å². The Morgan fingerprint density at radius 3 is 2.79 bits per heavy atom. The third kappa shape index (κ3) is 3.89. The topological polar surface area (TPSA) is 85.8 Å². The van der Waals surface area contributed by atoms with Crippen molar-refractivity contribution in [2.24, 2.45) is 5.73 Å². The molecule has 6 nitrogen and oxygen atoms in total. The second-order valence-electron chi connectivity index (χ2n) is 4.36. The summed E-state index contributed by atoms with van der Waals surface area (Å²) in [5.74, 6) is -0.0518. The minimum atomic E-state index is -0.146. The predicted molar refractivity (Wildman–Crippen MR) is 72.3 cm³/mol. The first kappa shape index (κ1) is 13.2. The van der Waals surface area contributed by atoms with E-state index in [9.17, 15) is 4.79 Å². The van der Waals surface area contributed by atoms with Gasteiger partial charge in [-0.25, -0.2) is 0 Å². The smallest absolute Gasteiger partial charge is 0.226 e. The van der Waals surface area contributed by atoms with Crippen LogP contribution in [0.25, 0.3) is 0 Å². The summed E-state index contributed by atoms with van der Waals surface area (Å²) in [6, 6.07) is 9.21. The van der Waals surface area contributed by atoms with Crippen LogP contribution in [0.2, 0.25) is 0 Å². The molecule has 1 heterocycles. The molecule has 1 aromatic carbocycles. The average Bonchev–Trinajstić information content (AvgIpc) is 2.86. The molecule has 1 amide bonds. The Bertz CT molecular complexity index is 535. The molecule has 0 aliphatic rings. The maximum absolute atomic E-state index is 11.7. The number of aromatic nitrogens is 3. The van der Waals surface area contributed by atoms with Crippen molar-refractivity contribution >= 4 is 11.6 Å². The van der Waals surface area contributed by atoms with Gasteiger partial charge in [-0.15, -0.1) is 5.10 Å². The van der Waals surface area contributed by atoms with E-state index in [2.05, 4.69) is 15.6 Å². The van der Waals surface area contributed by atoms with Crippen LogP contribution in [0, 0.1) is 0 Å². The molecule has 0 spiro atoms. The summed E-state index contributed by atoms with van der Waals surface area (Å²) in [4.78, 5) is 11.7. The summed E-state index contributed by atoms with van der Waals surface area (Å²) in [6.07, 6.45) is 2.11. The number of nitrogens with one attached hydrogen (secondary N) is 1. The van der Waals surface area contributed by atoms with E-state index in [1.54, 1.807) is 10.9 Å².